The van der Waals surface area contributed by atoms with Crippen molar-refractivity contribution in [1.82, 2.24) is 15.5 Å². The zero-order chi connectivity index (χ0) is 20.6. The molecule has 1 aliphatic rings. The number of nitrogens with zero attached hydrogens (tertiary/aromatic N) is 2. The molecule has 1 heterocycles. The fourth-order valence-corrected chi connectivity index (χ4v) is 3.35. The normalized spacial score (nSPS) is 16.8. The molecule has 0 bridgehead atoms. The summed E-state index contributed by atoms with van der Waals surface area (Å²) in [6, 6.07) is 8.82. The minimum atomic E-state index is 0.124. The largest absolute Gasteiger partial charge is 0.383 e. The summed E-state index contributed by atoms with van der Waals surface area (Å²) in [5, 5.41) is 6.59. The zero-order valence-corrected chi connectivity index (χ0v) is 18.4. The summed E-state index contributed by atoms with van der Waals surface area (Å²) >= 11 is 0. The van der Waals surface area contributed by atoms with Gasteiger partial charge < -0.3 is 10.6 Å². The number of aliphatic imine (C=N–C) groups is 1. The van der Waals surface area contributed by atoms with Crippen LogP contribution >= 0.6 is 0 Å². The van der Waals surface area contributed by atoms with Crippen LogP contribution in [0.5, 0.6) is 0 Å². The first kappa shape index (κ1) is 22.4. The number of fused-ring (bicyclic) bond motifs is 1. The minimum Gasteiger partial charge on any atom is -0.383 e. The van der Waals surface area contributed by atoms with Crippen molar-refractivity contribution < 1.29 is 0 Å². The smallest absolute Gasteiger partial charge is 0.0890 e. The third kappa shape index (κ3) is 7.61. The summed E-state index contributed by atoms with van der Waals surface area (Å²) in [6.07, 6.45) is 5.42. The second-order valence-corrected chi connectivity index (χ2v) is 8.97. The maximum Gasteiger partial charge on any atom is 0.0890 e. The maximum absolute atomic E-state index is 4.61. The van der Waals surface area contributed by atoms with Crippen molar-refractivity contribution in [3.8, 4) is 0 Å². The van der Waals surface area contributed by atoms with Crippen LogP contribution in [0.15, 0.2) is 53.7 Å². The second kappa shape index (κ2) is 10.6. The fraction of sp³-hybridized carbons (Fsp3) is 0.542. The lowest BCUT2D eigenvalue weighted by Crippen LogP contribution is -2.37. The second-order valence-electron chi connectivity index (χ2n) is 8.97. The van der Waals surface area contributed by atoms with E-state index in [-0.39, 0.29) is 5.41 Å². The summed E-state index contributed by atoms with van der Waals surface area (Å²) in [5.41, 5.74) is 4.93. The first-order valence-corrected chi connectivity index (χ1v) is 10.4. The SMILES string of the molecule is C=C(NCC(C)CN1CCc2ccccc2C1)C(/C=C\C(C)(C)C)=NCNC. The van der Waals surface area contributed by atoms with Gasteiger partial charge in [-0.3, -0.25) is 9.89 Å². The molecule has 0 aromatic heterocycles. The highest BCUT2D eigenvalue weighted by atomic mass is 15.1. The molecule has 154 valence electrons. The predicted octanol–water partition coefficient (Wildman–Crippen LogP) is 4.00. The molecule has 0 spiro atoms. The average Bonchev–Trinajstić information content (AvgIpc) is 2.65. The zero-order valence-electron chi connectivity index (χ0n) is 18.4. The Kier molecular flexibility index (Phi) is 8.46. The van der Waals surface area contributed by atoms with E-state index in [9.17, 15) is 0 Å². The van der Waals surface area contributed by atoms with Crippen LogP contribution in [0.2, 0.25) is 0 Å². The number of benzene rings is 1. The van der Waals surface area contributed by atoms with Gasteiger partial charge in [0.05, 0.1) is 18.1 Å². The highest BCUT2D eigenvalue weighted by molar-refractivity contribution is 6.07. The Bertz CT molecular complexity index is 697. The molecule has 4 heteroatoms. The van der Waals surface area contributed by atoms with Crippen molar-refractivity contribution in [3.63, 3.8) is 0 Å². The average molecular weight is 383 g/mol. The van der Waals surface area contributed by atoms with Crippen molar-refractivity contribution in [3.05, 3.63) is 59.8 Å². The van der Waals surface area contributed by atoms with Crippen LogP contribution in [0, 0.1) is 11.3 Å². The molecule has 0 saturated carbocycles. The Morgan fingerprint density at radius 1 is 1.29 bits per heavy atom. The molecule has 1 unspecified atom stereocenters. The van der Waals surface area contributed by atoms with Gasteiger partial charge in [0.15, 0.2) is 0 Å². The third-order valence-electron chi connectivity index (χ3n) is 4.90. The molecule has 2 N–H and O–H groups in total. The first-order chi connectivity index (χ1) is 13.3. The van der Waals surface area contributed by atoms with Gasteiger partial charge in [-0.2, -0.15) is 0 Å². The van der Waals surface area contributed by atoms with Crippen LogP contribution in [0.4, 0.5) is 0 Å². The lowest BCUT2D eigenvalue weighted by Gasteiger charge is -2.31. The molecule has 0 amide bonds. The van der Waals surface area contributed by atoms with Crippen LogP contribution in [0.25, 0.3) is 0 Å². The topological polar surface area (TPSA) is 39.7 Å². The summed E-state index contributed by atoms with van der Waals surface area (Å²) < 4.78 is 0. The summed E-state index contributed by atoms with van der Waals surface area (Å²) in [4.78, 5) is 7.17. The summed E-state index contributed by atoms with van der Waals surface area (Å²) in [7, 11) is 1.91. The van der Waals surface area contributed by atoms with E-state index in [0.29, 0.717) is 12.6 Å². The standard InChI is InChI=1S/C24H38N4/c1-19(16-28-14-12-21-9-7-8-10-22(21)17-28)15-26-20(2)23(27-18-25-6)11-13-24(3,4)5/h7-11,13,19,25-26H,2,12,14-18H2,1,3-6H3/b13-11-,27-23?. The fourth-order valence-electron chi connectivity index (χ4n) is 3.35. The molecular weight excluding hydrogens is 344 g/mol. The van der Waals surface area contributed by atoms with Gasteiger partial charge >= 0.3 is 0 Å². The van der Waals surface area contributed by atoms with E-state index in [0.717, 1.165) is 44.0 Å². The highest BCUT2D eigenvalue weighted by Crippen LogP contribution is 2.19. The molecule has 0 saturated heterocycles. The van der Waals surface area contributed by atoms with E-state index in [1.165, 1.54) is 11.1 Å². The number of nitrogens with one attached hydrogen (secondary N) is 2. The number of hydrogen-bond donors (Lipinski definition) is 2. The summed E-state index contributed by atoms with van der Waals surface area (Å²) in [6.45, 7) is 17.9. The molecule has 0 aliphatic carbocycles. The molecule has 2 rings (SSSR count). The van der Waals surface area contributed by atoms with E-state index in [2.05, 4.69) is 91.2 Å². The van der Waals surface area contributed by atoms with E-state index in [1.807, 2.05) is 7.05 Å². The van der Waals surface area contributed by atoms with Gasteiger partial charge in [-0.05, 0) is 42.0 Å². The molecule has 28 heavy (non-hydrogen) atoms. The summed E-state index contributed by atoms with van der Waals surface area (Å²) in [5.74, 6) is 0.541. The van der Waals surface area contributed by atoms with Crippen molar-refractivity contribution in [1.29, 1.82) is 0 Å². The molecular formula is C24H38N4. The Morgan fingerprint density at radius 3 is 2.68 bits per heavy atom. The lowest BCUT2D eigenvalue weighted by atomic mass is 9.95. The van der Waals surface area contributed by atoms with Crippen LogP contribution in [-0.4, -0.2) is 44.0 Å². The molecule has 1 aliphatic heterocycles. The van der Waals surface area contributed by atoms with Crippen LogP contribution in [0.3, 0.4) is 0 Å². The van der Waals surface area contributed by atoms with E-state index in [4.69, 9.17) is 0 Å². The molecule has 1 aromatic rings. The Morgan fingerprint density at radius 2 is 2.00 bits per heavy atom. The number of allylic oxidation sites excluding steroid dienone is 2. The van der Waals surface area contributed by atoms with Crippen LogP contribution in [-0.2, 0) is 13.0 Å². The monoisotopic (exact) mass is 382 g/mol. The van der Waals surface area contributed by atoms with Gasteiger partial charge in [0.2, 0.25) is 0 Å². The Hall–Kier alpha value is -1.91. The van der Waals surface area contributed by atoms with Gasteiger partial charge in [0, 0.05) is 26.2 Å². The Balaban J connectivity index is 1.85. The van der Waals surface area contributed by atoms with E-state index >= 15 is 0 Å². The first-order valence-electron chi connectivity index (χ1n) is 10.4. The molecule has 0 fully saturated rings. The van der Waals surface area contributed by atoms with Gasteiger partial charge in [-0.15, -0.1) is 0 Å². The van der Waals surface area contributed by atoms with E-state index in [1.54, 1.807) is 0 Å². The van der Waals surface area contributed by atoms with Crippen LogP contribution in [0.1, 0.15) is 38.8 Å². The van der Waals surface area contributed by atoms with Gasteiger partial charge in [-0.25, -0.2) is 0 Å². The minimum absolute atomic E-state index is 0.124. The molecule has 1 aromatic carbocycles. The van der Waals surface area contributed by atoms with Crippen molar-refractivity contribution in [2.24, 2.45) is 16.3 Å². The van der Waals surface area contributed by atoms with Crippen molar-refractivity contribution in [2.75, 3.05) is 33.4 Å². The molecule has 1 atom stereocenters. The van der Waals surface area contributed by atoms with Crippen molar-refractivity contribution in [2.45, 2.75) is 40.7 Å². The van der Waals surface area contributed by atoms with Gasteiger partial charge in [0.1, 0.15) is 0 Å². The Labute approximate surface area is 171 Å². The molecule has 4 nitrogen and oxygen atoms in total. The quantitative estimate of drug-likeness (QED) is 0.634. The number of hydrogen-bond acceptors (Lipinski definition) is 4. The van der Waals surface area contributed by atoms with E-state index < -0.39 is 0 Å². The lowest BCUT2D eigenvalue weighted by molar-refractivity contribution is 0.219. The van der Waals surface area contributed by atoms with Crippen molar-refractivity contribution >= 4 is 5.71 Å². The molecule has 0 radical (unpaired) electrons. The third-order valence-corrected chi connectivity index (χ3v) is 4.90. The maximum atomic E-state index is 4.61. The number of rotatable bonds is 9. The predicted molar refractivity (Wildman–Crippen MR) is 122 cm³/mol. The highest BCUT2D eigenvalue weighted by Gasteiger charge is 2.17. The van der Waals surface area contributed by atoms with Gasteiger partial charge in [0.25, 0.3) is 0 Å². The van der Waals surface area contributed by atoms with Gasteiger partial charge in [-0.1, -0.05) is 64.6 Å². The van der Waals surface area contributed by atoms with Crippen LogP contribution < -0.4 is 10.6 Å².